The van der Waals surface area contributed by atoms with Crippen molar-refractivity contribution in [1.82, 2.24) is 25.2 Å². The first kappa shape index (κ1) is 21.8. The number of aryl methyl sites for hydroxylation is 1. The maximum Gasteiger partial charge on any atom is 0.225 e. The van der Waals surface area contributed by atoms with Crippen molar-refractivity contribution in [3.05, 3.63) is 34.5 Å². The Morgan fingerprint density at radius 3 is 2.52 bits per heavy atom. The van der Waals surface area contributed by atoms with E-state index in [0.717, 1.165) is 64.0 Å². The molecule has 0 spiro atoms. The van der Waals surface area contributed by atoms with Gasteiger partial charge in [0.1, 0.15) is 0 Å². The van der Waals surface area contributed by atoms with Crippen molar-refractivity contribution in [2.45, 2.75) is 26.7 Å². The lowest BCUT2D eigenvalue weighted by molar-refractivity contribution is 0.370. The molecule has 9 heteroatoms. The van der Waals surface area contributed by atoms with Crippen LogP contribution in [0.4, 0.5) is 5.95 Å². The number of aromatic nitrogens is 3. The Labute approximate surface area is 182 Å². The zero-order chi connectivity index (χ0) is 18.2. The van der Waals surface area contributed by atoms with Gasteiger partial charge < -0.3 is 15.1 Å². The number of rotatable bonds is 6. The minimum absolute atomic E-state index is 0. The molecule has 2 aromatic heterocycles. The van der Waals surface area contributed by atoms with E-state index in [4.69, 9.17) is 4.99 Å². The lowest BCUT2D eigenvalue weighted by Crippen LogP contribution is -2.53. The average molecular weight is 501 g/mol. The van der Waals surface area contributed by atoms with E-state index in [1.165, 1.54) is 9.88 Å². The lowest BCUT2D eigenvalue weighted by atomic mass is 10.3. The van der Waals surface area contributed by atoms with Crippen LogP contribution in [0, 0.1) is 0 Å². The second-order valence-electron chi connectivity index (χ2n) is 6.08. The van der Waals surface area contributed by atoms with Gasteiger partial charge in [-0.25, -0.2) is 15.0 Å². The zero-order valence-corrected chi connectivity index (χ0v) is 19.1. The third kappa shape index (κ3) is 6.27. The highest BCUT2D eigenvalue weighted by Crippen LogP contribution is 2.14. The molecule has 0 saturated carbocycles. The van der Waals surface area contributed by atoms with Crippen LogP contribution in [0.25, 0.3) is 0 Å². The number of halogens is 1. The molecule has 2 aromatic rings. The fourth-order valence-electron chi connectivity index (χ4n) is 2.88. The van der Waals surface area contributed by atoms with Crippen molar-refractivity contribution >= 4 is 47.2 Å². The van der Waals surface area contributed by atoms with E-state index in [1.54, 1.807) is 23.7 Å². The fourth-order valence-corrected chi connectivity index (χ4v) is 3.73. The Bertz CT molecular complexity index is 699. The van der Waals surface area contributed by atoms with E-state index in [0.29, 0.717) is 0 Å². The van der Waals surface area contributed by atoms with Crippen LogP contribution in [-0.4, -0.2) is 65.1 Å². The molecule has 0 aliphatic carbocycles. The predicted octanol–water partition coefficient (Wildman–Crippen LogP) is 2.44. The monoisotopic (exact) mass is 501 g/mol. The minimum atomic E-state index is 0. The number of aliphatic imine (C=N–C) groups is 1. The number of nitrogens with zero attached hydrogens (tertiary/aromatic N) is 6. The van der Waals surface area contributed by atoms with Gasteiger partial charge in [0.2, 0.25) is 5.95 Å². The highest BCUT2D eigenvalue weighted by atomic mass is 127. The summed E-state index contributed by atoms with van der Waals surface area (Å²) in [5.74, 6) is 1.80. The molecule has 7 nitrogen and oxygen atoms in total. The first-order valence-corrected chi connectivity index (χ1v) is 10.1. The number of hydrogen-bond donors (Lipinski definition) is 1. The first-order chi connectivity index (χ1) is 12.8. The molecule has 3 rings (SSSR count). The zero-order valence-electron chi connectivity index (χ0n) is 16.0. The largest absolute Gasteiger partial charge is 0.357 e. The summed E-state index contributed by atoms with van der Waals surface area (Å²) in [5, 5.41) is 4.59. The van der Waals surface area contributed by atoms with Crippen LogP contribution in [0.3, 0.4) is 0 Å². The number of thiazole rings is 1. The smallest absolute Gasteiger partial charge is 0.225 e. The van der Waals surface area contributed by atoms with Gasteiger partial charge in [-0.15, -0.1) is 35.3 Å². The van der Waals surface area contributed by atoms with Crippen LogP contribution in [-0.2, 0) is 12.8 Å². The number of anilines is 1. The Morgan fingerprint density at radius 1 is 1.15 bits per heavy atom. The van der Waals surface area contributed by atoms with Crippen LogP contribution in [0.2, 0.25) is 0 Å². The van der Waals surface area contributed by atoms with E-state index in [-0.39, 0.29) is 24.0 Å². The molecule has 0 aromatic carbocycles. The maximum atomic E-state index is 4.81. The molecular weight excluding hydrogens is 473 g/mol. The Hall–Kier alpha value is -1.49. The topological polar surface area (TPSA) is 69.5 Å². The second kappa shape index (κ2) is 11.4. The molecule has 0 amide bonds. The van der Waals surface area contributed by atoms with Gasteiger partial charge in [-0.3, -0.25) is 4.99 Å². The Morgan fingerprint density at radius 2 is 1.89 bits per heavy atom. The molecule has 27 heavy (non-hydrogen) atoms. The summed E-state index contributed by atoms with van der Waals surface area (Å²) < 4.78 is 0. The van der Waals surface area contributed by atoms with Crippen molar-refractivity contribution in [3.63, 3.8) is 0 Å². The Kier molecular flexibility index (Phi) is 9.19. The first-order valence-electron chi connectivity index (χ1n) is 9.29. The second-order valence-corrected chi connectivity index (χ2v) is 7.28. The average Bonchev–Trinajstić information content (AvgIpc) is 3.16. The summed E-state index contributed by atoms with van der Waals surface area (Å²) in [5.41, 5.74) is 0. The summed E-state index contributed by atoms with van der Waals surface area (Å²) in [7, 11) is 0. The van der Waals surface area contributed by atoms with Gasteiger partial charge >= 0.3 is 0 Å². The van der Waals surface area contributed by atoms with E-state index < -0.39 is 0 Å². The van der Waals surface area contributed by atoms with Crippen LogP contribution >= 0.6 is 35.3 Å². The summed E-state index contributed by atoms with van der Waals surface area (Å²) in [6.07, 6.45) is 7.53. The van der Waals surface area contributed by atoms with Crippen molar-refractivity contribution < 1.29 is 0 Å². The van der Waals surface area contributed by atoms with Crippen LogP contribution in [0.15, 0.2) is 29.6 Å². The van der Waals surface area contributed by atoms with Gasteiger partial charge in [0, 0.05) is 69.2 Å². The molecule has 3 heterocycles. The molecule has 0 radical (unpaired) electrons. The van der Waals surface area contributed by atoms with Crippen molar-refractivity contribution in [1.29, 1.82) is 0 Å². The number of piperazine rings is 1. The van der Waals surface area contributed by atoms with Crippen LogP contribution in [0.5, 0.6) is 0 Å². The SMILES string of the molecule is CCNC(=NCCc1ncc(CC)s1)N1CCN(c2ncccn2)CC1.I. The highest BCUT2D eigenvalue weighted by Gasteiger charge is 2.20. The van der Waals surface area contributed by atoms with Crippen LogP contribution in [0.1, 0.15) is 23.7 Å². The molecule has 148 valence electrons. The van der Waals surface area contributed by atoms with Crippen molar-refractivity contribution in [2.24, 2.45) is 4.99 Å². The molecular formula is C18H28IN7S. The summed E-state index contributed by atoms with van der Waals surface area (Å²) in [6, 6.07) is 1.85. The fraction of sp³-hybridized carbons (Fsp3) is 0.556. The molecule has 1 saturated heterocycles. The van der Waals surface area contributed by atoms with Crippen LogP contribution < -0.4 is 10.2 Å². The third-order valence-electron chi connectivity index (χ3n) is 4.29. The molecule has 1 fully saturated rings. The van der Waals surface area contributed by atoms with Gasteiger partial charge in [-0.05, 0) is 19.4 Å². The van der Waals surface area contributed by atoms with Crippen molar-refractivity contribution in [2.75, 3.05) is 44.2 Å². The van der Waals surface area contributed by atoms with E-state index in [9.17, 15) is 0 Å². The van der Waals surface area contributed by atoms with E-state index in [2.05, 4.69) is 43.9 Å². The Balaban J connectivity index is 0.00000261. The number of nitrogens with one attached hydrogen (secondary N) is 1. The third-order valence-corrected chi connectivity index (χ3v) is 5.49. The molecule has 0 bridgehead atoms. The van der Waals surface area contributed by atoms with Gasteiger partial charge in [-0.1, -0.05) is 6.92 Å². The van der Waals surface area contributed by atoms with Gasteiger partial charge in [0.25, 0.3) is 0 Å². The minimum Gasteiger partial charge on any atom is -0.357 e. The number of guanidine groups is 1. The lowest BCUT2D eigenvalue weighted by Gasteiger charge is -2.36. The molecule has 0 atom stereocenters. The summed E-state index contributed by atoms with van der Waals surface area (Å²) in [4.78, 5) is 23.9. The van der Waals surface area contributed by atoms with E-state index >= 15 is 0 Å². The molecule has 1 aliphatic rings. The molecule has 0 unspecified atom stereocenters. The molecule has 1 N–H and O–H groups in total. The number of hydrogen-bond acceptors (Lipinski definition) is 6. The summed E-state index contributed by atoms with van der Waals surface area (Å²) in [6.45, 7) is 9.56. The van der Waals surface area contributed by atoms with Crippen molar-refractivity contribution in [3.8, 4) is 0 Å². The summed E-state index contributed by atoms with van der Waals surface area (Å²) >= 11 is 1.80. The standard InChI is InChI=1S/C18H27N7S.HI/c1-3-15-14-23-16(26-15)6-9-22-17(19-4-2)24-10-12-25(13-11-24)18-20-7-5-8-21-18;/h5,7-8,14H,3-4,6,9-13H2,1-2H3,(H,19,22);1H. The molecule has 1 aliphatic heterocycles. The maximum absolute atomic E-state index is 4.81. The normalized spacial score (nSPS) is 14.8. The quantitative estimate of drug-likeness (QED) is 0.373. The van der Waals surface area contributed by atoms with Gasteiger partial charge in [0.15, 0.2) is 5.96 Å². The predicted molar refractivity (Wildman–Crippen MR) is 122 cm³/mol. The highest BCUT2D eigenvalue weighted by molar-refractivity contribution is 14.0. The van der Waals surface area contributed by atoms with Gasteiger partial charge in [0.05, 0.1) is 5.01 Å². The van der Waals surface area contributed by atoms with E-state index in [1.807, 2.05) is 12.3 Å². The van der Waals surface area contributed by atoms with Gasteiger partial charge in [-0.2, -0.15) is 0 Å².